The molecule has 0 amide bonds. The van der Waals surface area contributed by atoms with E-state index in [2.05, 4.69) is 25.4 Å². The minimum atomic E-state index is 0.631. The Kier molecular flexibility index (Phi) is 2.83. The lowest BCUT2D eigenvalue weighted by atomic mass is 10.2. The third-order valence-corrected chi connectivity index (χ3v) is 2.86. The molecule has 3 rings (SSSR count). The molecule has 0 aliphatic carbocycles. The topological polar surface area (TPSA) is 68.5 Å². The summed E-state index contributed by atoms with van der Waals surface area (Å²) >= 11 is 0. The predicted molar refractivity (Wildman–Crippen MR) is 73.7 cm³/mol. The maximum Gasteiger partial charge on any atom is 0.223 e. The van der Waals surface area contributed by atoms with Crippen LogP contribution >= 0.6 is 0 Å². The van der Waals surface area contributed by atoms with E-state index in [0.29, 0.717) is 5.95 Å². The summed E-state index contributed by atoms with van der Waals surface area (Å²) in [5, 5.41) is 8.29. The molecule has 0 bridgehead atoms. The van der Waals surface area contributed by atoms with Crippen LogP contribution in [0.25, 0.3) is 22.3 Å². The van der Waals surface area contributed by atoms with Gasteiger partial charge in [0.1, 0.15) is 0 Å². The highest BCUT2D eigenvalue weighted by atomic mass is 15.3. The van der Waals surface area contributed by atoms with Gasteiger partial charge >= 0.3 is 0 Å². The van der Waals surface area contributed by atoms with Crippen molar-refractivity contribution >= 4 is 17.0 Å². The second-order valence-corrected chi connectivity index (χ2v) is 4.20. The van der Waals surface area contributed by atoms with Crippen LogP contribution in [0.15, 0.2) is 30.7 Å². The van der Waals surface area contributed by atoms with Gasteiger partial charge in [-0.1, -0.05) is 0 Å². The highest BCUT2D eigenvalue weighted by Gasteiger charge is 2.06. The number of rotatable bonds is 3. The summed E-state index contributed by atoms with van der Waals surface area (Å²) in [5.41, 5.74) is 2.68. The largest absolute Gasteiger partial charge is 0.354 e. The van der Waals surface area contributed by atoms with Gasteiger partial charge in [0, 0.05) is 36.9 Å². The smallest absolute Gasteiger partial charge is 0.223 e. The van der Waals surface area contributed by atoms with Crippen LogP contribution < -0.4 is 5.32 Å². The SMILES string of the molecule is CCNc1nccc(-c2cnc3c(cnn3C)c2)n1. The molecule has 6 heteroatoms. The lowest BCUT2D eigenvalue weighted by Gasteiger charge is -2.04. The van der Waals surface area contributed by atoms with E-state index in [1.165, 1.54) is 0 Å². The number of pyridine rings is 1. The van der Waals surface area contributed by atoms with Crippen molar-refractivity contribution in [3.8, 4) is 11.3 Å². The van der Waals surface area contributed by atoms with Crippen LogP contribution in [0, 0.1) is 0 Å². The van der Waals surface area contributed by atoms with E-state index in [-0.39, 0.29) is 0 Å². The number of aromatic nitrogens is 5. The molecular weight excluding hydrogens is 240 g/mol. The highest BCUT2D eigenvalue weighted by molar-refractivity contribution is 5.79. The van der Waals surface area contributed by atoms with Crippen molar-refractivity contribution in [2.24, 2.45) is 7.05 Å². The predicted octanol–water partition coefficient (Wildman–Crippen LogP) is 1.86. The van der Waals surface area contributed by atoms with E-state index in [1.807, 2.05) is 32.3 Å². The molecule has 3 aromatic heterocycles. The van der Waals surface area contributed by atoms with Gasteiger partial charge in [0.15, 0.2) is 5.65 Å². The summed E-state index contributed by atoms with van der Waals surface area (Å²) in [4.78, 5) is 13.0. The number of hydrogen-bond donors (Lipinski definition) is 1. The first-order valence-electron chi connectivity index (χ1n) is 6.13. The Balaban J connectivity index is 2.05. The van der Waals surface area contributed by atoms with Crippen molar-refractivity contribution in [1.82, 2.24) is 24.7 Å². The molecule has 96 valence electrons. The first-order valence-corrected chi connectivity index (χ1v) is 6.13. The summed E-state index contributed by atoms with van der Waals surface area (Å²) in [6.45, 7) is 2.81. The first-order chi connectivity index (χ1) is 9.28. The number of hydrogen-bond acceptors (Lipinski definition) is 5. The summed E-state index contributed by atoms with van der Waals surface area (Å²) in [5.74, 6) is 0.631. The van der Waals surface area contributed by atoms with Gasteiger partial charge in [0.25, 0.3) is 0 Å². The molecular formula is C13H14N6. The van der Waals surface area contributed by atoms with E-state index < -0.39 is 0 Å². The van der Waals surface area contributed by atoms with E-state index >= 15 is 0 Å². The Bertz CT molecular complexity index is 718. The second kappa shape index (κ2) is 4.64. The van der Waals surface area contributed by atoms with Gasteiger partial charge in [0.05, 0.1) is 11.9 Å². The Hall–Kier alpha value is -2.50. The zero-order valence-electron chi connectivity index (χ0n) is 10.8. The average Bonchev–Trinajstić information content (AvgIpc) is 2.81. The van der Waals surface area contributed by atoms with Gasteiger partial charge in [-0.15, -0.1) is 0 Å². The van der Waals surface area contributed by atoms with Crippen LogP contribution in [-0.4, -0.2) is 31.3 Å². The molecule has 0 fully saturated rings. The van der Waals surface area contributed by atoms with Crippen LogP contribution in [0.5, 0.6) is 0 Å². The minimum absolute atomic E-state index is 0.631. The van der Waals surface area contributed by atoms with Crippen molar-refractivity contribution in [2.45, 2.75) is 6.92 Å². The molecule has 0 unspecified atom stereocenters. The Morgan fingerprint density at radius 3 is 3.00 bits per heavy atom. The molecule has 0 saturated carbocycles. The fraction of sp³-hybridized carbons (Fsp3) is 0.231. The summed E-state index contributed by atoms with van der Waals surface area (Å²) in [6.07, 6.45) is 5.36. The minimum Gasteiger partial charge on any atom is -0.354 e. The summed E-state index contributed by atoms with van der Waals surface area (Å²) in [6, 6.07) is 3.91. The van der Waals surface area contributed by atoms with E-state index in [0.717, 1.165) is 28.8 Å². The van der Waals surface area contributed by atoms with Crippen molar-refractivity contribution < 1.29 is 0 Å². The molecule has 1 N–H and O–H groups in total. The van der Waals surface area contributed by atoms with Gasteiger partial charge < -0.3 is 5.32 Å². The van der Waals surface area contributed by atoms with Crippen LogP contribution in [0.4, 0.5) is 5.95 Å². The number of nitrogens with one attached hydrogen (secondary N) is 1. The molecule has 0 saturated heterocycles. The standard InChI is InChI=1S/C13H14N6/c1-3-14-13-15-5-4-11(18-13)9-6-10-8-17-19(2)12(10)16-7-9/h4-8H,3H2,1-2H3,(H,14,15,18). The van der Waals surface area contributed by atoms with Gasteiger partial charge in [-0.05, 0) is 19.1 Å². The second-order valence-electron chi connectivity index (χ2n) is 4.20. The zero-order valence-corrected chi connectivity index (χ0v) is 10.8. The summed E-state index contributed by atoms with van der Waals surface area (Å²) in [7, 11) is 1.88. The quantitative estimate of drug-likeness (QED) is 0.772. The molecule has 19 heavy (non-hydrogen) atoms. The maximum atomic E-state index is 4.46. The van der Waals surface area contributed by atoms with Gasteiger partial charge in [-0.2, -0.15) is 5.10 Å². The molecule has 0 radical (unpaired) electrons. The first kappa shape index (κ1) is 11.6. The molecule has 0 aromatic carbocycles. The van der Waals surface area contributed by atoms with Crippen LogP contribution in [0.1, 0.15) is 6.92 Å². The highest BCUT2D eigenvalue weighted by Crippen LogP contribution is 2.21. The van der Waals surface area contributed by atoms with Gasteiger partial charge in [0.2, 0.25) is 5.95 Å². The fourth-order valence-corrected chi connectivity index (χ4v) is 1.95. The Morgan fingerprint density at radius 1 is 1.26 bits per heavy atom. The van der Waals surface area contributed by atoms with Crippen LogP contribution in [0.2, 0.25) is 0 Å². The maximum absolute atomic E-state index is 4.46. The molecule has 0 spiro atoms. The molecule has 3 heterocycles. The summed E-state index contributed by atoms with van der Waals surface area (Å²) < 4.78 is 1.75. The third-order valence-electron chi connectivity index (χ3n) is 2.86. The van der Waals surface area contributed by atoms with Crippen molar-refractivity contribution in [3.05, 3.63) is 30.7 Å². The lowest BCUT2D eigenvalue weighted by molar-refractivity contribution is 0.786. The Labute approximate surface area is 110 Å². The number of fused-ring (bicyclic) bond motifs is 1. The van der Waals surface area contributed by atoms with Crippen LogP contribution in [-0.2, 0) is 7.05 Å². The van der Waals surface area contributed by atoms with E-state index in [9.17, 15) is 0 Å². The lowest BCUT2D eigenvalue weighted by Crippen LogP contribution is -2.02. The fourth-order valence-electron chi connectivity index (χ4n) is 1.95. The van der Waals surface area contributed by atoms with Crippen molar-refractivity contribution in [2.75, 3.05) is 11.9 Å². The monoisotopic (exact) mass is 254 g/mol. The van der Waals surface area contributed by atoms with Gasteiger partial charge in [-0.3, -0.25) is 4.68 Å². The number of nitrogens with zero attached hydrogens (tertiary/aromatic N) is 5. The average molecular weight is 254 g/mol. The van der Waals surface area contributed by atoms with E-state index in [1.54, 1.807) is 17.1 Å². The molecule has 3 aromatic rings. The third kappa shape index (κ3) is 2.12. The number of anilines is 1. The number of aryl methyl sites for hydroxylation is 1. The van der Waals surface area contributed by atoms with Gasteiger partial charge in [-0.25, -0.2) is 15.0 Å². The Morgan fingerprint density at radius 2 is 2.16 bits per heavy atom. The molecule has 6 nitrogen and oxygen atoms in total. The molecule has 0 aliphatic rings. The van der Waals surface area contributed by atoms with Crippen LogP contribution in [0.3, 0.4) is 0 Å². The van der Waals surface area contributed by atoms with Crippen molar-refractivity contribution in [1.29, 1.82) is 0 Å². The van der Waals surface area contributed by atoms with Crippen molar-refractivity contribution in [3.63, 3.8) is 0 Å². The zero-order chi connectivity index (χ0) is 13.2. The molecule has 0 atom stereocenters. The molecule has 0 aliphatic heterocycles. The normalized spacial score (nSPS) is 10.8. The van der Waals surface area contributed by atoms with E-state index in [4.69, 9.17) is 0 Å².